The summed E-state index contributed by atoms with van der Waals surface area (Å²) in [7, 11) is 1.52. The summed E-state index contributed by atoms with van der Waals surface area (Å²) in [6, 6.07) is 19.7. The Labute approximate surface area is 273 Å². The van der Waals surface area contributed by atoms with Crippen molar-refractivity contribution in [3.63, 3.8) is 0 Å². The number of carbonyl (C=O) groups is 2. The second-order valence-corrected chi connectivity index (χ2v) is 10.9. The van der Waals surface area contributed by atoms with Gasteiger partial charge in [-0.1, -0.05) is 49.4 Å². The van der Waals surface area contributed by atoms with Gasteiger partial charge < -0.3 is 24.6 Å². The minimum absolute atomic E-state index is 0.00835. The van der Waals surface area contributed by atoms with E-state index in [9.17, 15) is 25.0 Å². The zero-order valence-electron chi connectivity index (χ0n) is 26.3. The summed E-state index contributed by atoms with van der Waals surface area (Å²) >= 11 is 0. The summed E-state index contributed by atoms with van der Waals surface area (Å²) in [6.07, 6.45) is 9.02. The lowest BCUT2D eigenvalue weighted by Gasteiger charge is -2.37. The number of nitro groups is 1. The normalized spacial score (nSPS) is 16.6. The van der Waals surface area contributed by atoms with Gasteiger partial charge in [-0.25, -0.2) is 4.79 Å². The van der Waals surface area contributed by atoms with Crippen LogP contribution in [0.4, 0.5) is 5.69 Å². The predicted octanol–water partition coefficient (Wildman–Crippen LogP) is 4.91. The average Bonchev–Trinajstić information content (AvgIpc) is 3.10. The van der Waals surface area contributed by atoms with Crippen LogP contribution in [-0.4, -0.2) is 60.5 Å². The maximum absolute atomic E-state index is 13.6. The van der Waals surface area contributed by atoms with Gasteiger partial charge in [0.1, 0.15) is 12.0 Å². The smallest absolute Gasteiger partial charge is 0.336 e. The average molecular weight is 637 g/mol. The molecule has 2 aliphatic rings. The molecule has 2 aromatic rings. The van der Waals surface area contributed by atoms with E-state index in [1.54, 1.807) is 12.1 Å². The highest BCUT2D eigenvalue weighted by atomic mass is 16.6. The molecule has 1 unspecified atom stereocenters. The van der Waals surface area contributed by atoms with Crippen molar-refractivity contribution < 1.29 is 24.0 Å². The molecule has 0 aromatic heterocycles. The fourth-order valence-corrected chi connectivity index (χ4v) is 5.67. The van der Waals surface area contributed by atoms with E-state index in [-0.39, 0.29) is 37.4 Å². The standard InChI is InChI=1S/C35H36N6O6/c1-3-29-32(34(43)47-22-7-17-36)31(26-11-13-28(14-12-26)41(44)45)33(30(38-29)23-46-2)40(25-42)19-8-18-39-20-15-35(24-37,16-21-39)27-9-5-4-6-10-27/h4-6,9-16,20-21,25,31,38H,3,7-8,18-19,22-23H2,1-2H3. The van der Waals surface area contributed by atoms with Crippen LogP contribution in [0.25, 0.3) is 0 Å². The fourth-order valence-electron chi connectivity index (χ4n) is 5.67. The molecule has 0 aliphatic carbocycles. The maximum atomic E-state index is 13.6. The molecular formula is C35H36N6O6. The lowest BCUT2D eigenvalue weighted by molar-refractivity contribution is -0.384. The zero-order valence-corrected chi connectivity index (χ0v) is 26.3. The van der Waals surface area contributed by atoms with Crippen LogP contribution in [0.15, 0.2) is 102 Å². The van der Waals surface area contributed by atoms with Crippen LogP contribution in [0.5, 0.6) is 0 Å². The minimum Gasteiger partial charge on any atom is -0.461 e. The summed E-state index contributed by atoms with van der Waals surface area (Å²) in [5.74, 6) is -1.48. The van der Waals surface area contributed by atoms with Gasteiger partial charge >= 0.3 is 5.97 Å². The summed E-state index contributed by atoms with van der Waals surface area (Å²) in [4.78, 5) is 40.7. The number of dihydropyridines is 1. The third-order valence-corrected chi connectivity index (χ3v) is 7.99. The van der Waals surface area contributed by atoms with Crippen molar-refractivity contribution in [2.75, 3.05) is 33.4 Å². The Morgan fingerprint density at radius 3 is 2.40 bits per heavy atom. The number of nitro benzene ring substituents is 1. The molecule has 2 aliphatic heterocycles. The molecule has 12 nitrogen and oxygen atoms in total. The highest BCUT2D eigenvalue weighted by molar-refractivity contribution is 5.93. The van der Waals surface area contributed by atoms with Crippen molar-refractivity contribution >= 4 is 18.1 Å². The number of carbonyl (C=O) groups excluding carboxylic acids is 2. The van der Waals surface area contributed by atoms with Crippen LogP contribution < -0.4 is 5.32 Å². The number of hydrogen-bond acceptors (Lipinski definition) is 10. The monoisotopic (exact) mass is 636 g/mol. The summed E-state index contributed by atoms with van der Waals surface area (Å²) in [5.41, 5.74) is 2.23. The number of non-ortho nitro benzene ring substituents is 1. The molecular weight excluding hydrogens is 600 g/mol. The molecule has 0 bridgehead atoms. The van der Waals surface area contributed by atoms with Gasteiger partial charge in [-0.2, -0.15) is 10.5 Å². The molecule has 0 spiro atoms. The second kappa shape index (κ2) is 16.0. The van der Waals surface area contributed by atoms with Gasteiger partial charge in [0, 0.05) is 50.4 Å². The van der Waals surface area contributed by atoms with E-state index in [0.717, 1.165) is 5.56 Å². The predicted molar refractivity (Wildman–Crippen MR) is 172 cm³/mol. The highest BCUT2D eigenvalue weighted by Crippen LogP contribution is 2.41. The Kier molecular flexibility index (Phi) is 11.6. The van der Waals surface area contributed by atoms with E-state index in [0.29, 0.717) is 48.5 Å². The number of methoxy groups -OCH3 is 1. The number of nitrogens with zero attached hydrogens (tertiary/aromatic N) is 5. The fraction of sp³-hybridized carbons (Fsp3) is 0.314. The number of hydrogen-bond donors (Lipinski definition) is 1. The van der Waals surface area contributed by atoms with Crippen molar-refractivity contribution in [3.05, 3.63) is 123 Å². The van der Waals surface area contributed by atoms with E-state index < -0.39 is 22.2 Å². The molecule has 4 rings (SSSR count). The number of nitriles is 2. The van der Waals surface area contributed by atoms with Gasteiger partial charge in [0.2, 0.25) is 6.41 Å². The molecule has 47 heavy (non-hydrogen) atoms. The Hall–Kier alpha value is -5.72. The number of allylic oxidation sites excluding steroid dienone is 4. The van der Waals surface area contributed by atoms with Crippen LogP contribution in [-0.2, 0) is 24.5 Å². The summed E-state index contributed by atoms with van der Waals surface area (Å²) in [5, 5.41) is 33.7. The number of ether oxygens (including phenoxy) is 2. The highest BCUT2D eigenvalue weighted by Gasteiger charge is 2.38. The number of benzene rings is 2. The van der Waals surface area contributed by atoms with Crippen LogP contribution in [0.2, 0.25) is 0 Å². The molecule has 242 valence electrons. The van der Waals surface area contributed by atoms with E-state index in [2.05, 4.69) is 11.4 Å². The lowest BCUT2D eigenvalue weighted by atomic mass is 9.81. The van der Waals surface area contributed by atoms with Gasteiger partial charge in [0.25, 0.3) is 5.69 Å². The molecule has 1 atom stereocenters. The van der Waals surface area contributed by atoms with Crippen molar-refractivity contribution in [2.45, 2.75) is 37.5 Å². The second-order valence-electron chi connectivity index (χ2n) is 10.9. The molecule has 1 amide bonds. The third-order valence-electron chi connectivity index (χ3n) is 7.99. The minimum atomic E-state index is -0.875. The maximum Gasteiger partial charge on any atom is 0.336 e. The van der Waals surface area contributed by atoms with Gasteiger partial charge in [-0.3, -0.25) is 14.9 Å². The van der Waals surface area contributed by atoms with Crippen LogP contribution in [0.3, 0.4) is 0 Å². The number of amides is 1. The molecule has 0 saturated heterocycles. The molecule has 0 radical (unpaired) electrons. The third kappa shape index (κ3) is 7.75. The largest absolute Gasteiger partial charge is 0.461 e. The van der Waals surface area contributed by atoms with Crippen LogP contribution in [0, 0.1) is 32.8 Å². The van der Waals surface area contributed by atoms with Crippen molar-refractivity contribution in [1.29, 1.82) is 10.5 Å². The Bertz CT molecular complexity index is 1650. The molecule has 1 N–H and O–H groups in total. The Morgan fingerprint density at radius 1 is 1.13 bits per heavy atom. The van der Waals surface area contributed by atoms with E-state index in [1.165, 1.54) is 24.1 Å². The first-order valence-electron chi connectivity index (χ1n) is 15.2. The van der Waals surface area contributed by atoms with Gasteiger partial charge in [0.05, 0.1) is 53.0 Å². The van der Waals surface area contributed by atoms with E-state index in [4.69, 9.17) is 14.7 Å². The van der Waals surface area contributed by atoms with Crippen molar-refractivity contribution in [3.8, 4) is 12.1 Å². The van der Waals surface area contributed by atoms with Crippen molar-refractivity contribution in [1.82, 2.24) is 15.1 Å². The van der Waals surface area contributed by atoms with Gasteiger partial charge in [0.15, 0.2) is 0 Å². The molecule has 12 heteroatoms. The van der Waals surface area contributed by atoms with Crippen LogP contribution >= 0.6 is 0 Å². The molecule has 0 saturated carbocycles. The first kappa shape index (κ1) is 34.2. The summed E-state index contributed by atoms with van der Waals surface area (Å²) < 4.78 is 11.0. The number of nitrogens with one attached hydrogen (secondary N) is 1. The Balaban J connectivity index is 1.64. The zero-order chi connectivity index (χ0) is 33.8. The first-order chi connectivity index (χ1) is 22.8. The van der Waals surface area contributed by atoms with E-state index >= 15 is 0 Å². The quantitative estimate of drug-likeness (QED) is 0.0934. The first-order valence-corrected chi connectivity index (χ1v) is 15.2. The van der Waals surface area contributed by atoms with E-state index in [1.807, 2.05) is 72.8 Å². The van der Waals surface area contributed by atoms with Crippen LogP contribution in [0.1, 0.15) is 43.2 Å². The summed E-state index contributed by atoms with van der Waals surface area (Å²) in [6.45, 7) is 2.63. The number of rotatable bonds is 15. The SMILES string of the molecule is CCC1=C(C(=O)OCCC#N)C(c2ccc([N+](=O)[O-])cc2)C(N(C=O)CCCN2C=CC(C#N)(c3ccccc3)C=C2)=C(COC)N1. The molecule has 2 aromatic carbocycles. The van der Waals surface area contributed by atoms with Gasteiger partial charge in [-0.05, 0) is 36.1 Å². The topological polar surface area (TPSA) is 162 Å². The number of esters is 1. The lowest BCUT2D eigenvalue weighted by Crippen LogP contribution is -2.39. The van der Waals surface area contributed by atoms with Crippen molar-refractivity contribution in [2.24, 2.45) is 0 Å². The Morgan fingerprint density at radius 2 is 1.83 bits per heavy atom. The van der Waals surface area contributed by atoms with Gasteiger partial charge in [-0.15, -0.1) is 0 Å². The molecule has 0 fully saturated rings. The molecule has 2 heterocycles.